The van der Waals surface area contributed by atoms with Crippen molar-refractivity contribution in [1.29, 1.82) is 0 Å². The maximum absolute atomic E-state index is 11.9. The molecule has 1 aliphatic heterocycles. The monoisotopic (exact) mass is 270 g/mol. The van der Waals surface area contributed by atoms with Crippen molar-refractivity contribution in [2.75, 3.05) is 26.7 Å². The Balaban J connectivity index is 1.71. The standard InChI is InChI=1S/C13H22N2O4/c1-15(8-10-4-2-3-7-19-10)12(18)14-9-13(5-6-13)11(16)17/h10H,2-9H2,1H3,(H,14,18)(H,16,17). The highest BCUT2D eigenvalue weighted by Gasteiger charge is 2.50. The fraction of sp³-hybridized carbons (Fsp3) is 0.846. The van der Waals surface area contributed by atoms with Crippen molar-refractivity contribution in [3.63, 3.8) is 0 Å². The normalized spacial score (nSPS) is 24.6. The van der Waals surface area contributed by atoms with Crippen LogP contribution in [0, 0.1) is 5.41 Å². The van der Waals surface area contributed by atoms with Crippen LogP contribution >= 0.6 is 0 Å². The van der Waals surface area contributed by atoms with Crippen molar-refractivity contribution >= 4 is 12.0 Å². The summed E-state index contributed by atoms with van der Waals surface area (Å²) in [5.74, 6) is -0.814. The summed E-state index contributed by atoms with van der Waals surface area (Å²) in [5, 5.41) is 11.7. The molecule has 2 N–H and O–H groups in total. The van der Waals surface area contributed by atoms with Crippen molar-refractivity contribution in [2.45, 2.75) is 38.2 Å². The molecule has 1 saturated carbocycles. The Morgan fingerprint density at radius 1 is 1.42 bits per heavy atom. The highest BCUT2D eigenvalue weighted by molar-refractivity contribution is 5.80. The number of likely N-dealkylation sites (N-methyl/N-ethyl adjacent to an activating group) is 1. The van der Waals surface area contributed by atoms with Crippen LogP contribution in [0.1, 0.15) is 32.1 Å². The summed E-state index contributed by atoms with van der Waals surface area (Å²) in [5.41, 5.74) is -0.710. The minimum absolute atomic E-state index is 0.110. The smallest absolute Gasteiger partial charge is 0.317 e. The lowest BCUT2D eigenvalue weighted by molar-refractivity contribution is -0.143. The van der Waals surface area contributed by atoms with E-state index in [0.717, 1.165) is 25.9 Å². The highest BCUT2D eigenvalue weighted by atomic mass is 16.5. The molecule has 1 aliphatic carbocycles. The van der Waals surface area contributed by atoms with Crippen LogP contribution in [0.15, 0.2) is 0 Å². The minimum Gasteiger partial charge on any atom is -0.481 e. The first-order valence-electron chi connectivity index (χ1n) is 6.87. The molecule has 6 nitrogen and oxygen atoms in total. The third kappa shape index (κ3) is 3.59. The number of aliphatic carboxylic acids is 1. The maximum Gasteiger partial charge on any atom is 0.317 e. The molecule has 0 radical (unpaired) electrons. The molecule has 19 heavy (non-hydrogen) atoms. The SMILES string of the molecule is CN(CC1CCCCO1)C(=O)NCC1(C(=O)O)CC1. The van der Waals surface area contributed by atoms with Crippen LogP contribution in [0.4, 0.5) is 4.79 Å². The number of amides is 2. The third-order valence-corrected chi connectivity index (χ3v) is 3.98. The quantitative estimate of drug-likeness (QED) is 0.783. The van der Waals surface area contributed by atoms with Gasteiger partial charge in [-0.25, -0.2) is 4.79 Å². The molecule has 2 amide bonds. The molecule has 6 heteroatoms. The first-order valence-corrected chi connectivity index (χ1v) is 6.87. The average molecular weight is 270 g/mol. The van der Waals surface area contributed by atoms with Crippen molar-refractivity contribution in [3.8, 4) is 0 Å². The average Bonchev–Trinajstić information content (AvgIpc) is 3.18. The molecule has 1 unspecified atom stereocenters. The van der Waals surface area contributed by atoms with Crippen LogP contribution < -0.4 is 5.32 Å². The van der Waals surface area contributed by atoms with E-state index in [1.54, 1.807) is 11.9 Å². The van der Waals surface area contributed by atoms with E-state index < -0.39 is 11.4 Å². The van der Waals surface area contributed by atoms with Gasteiger partial charge in [-0.05, 0) is 32.1 Å². The topological polar surface area (TPSA) is 78.9 Å². The number of rotatable bonds is 5. The van der Waals surface area contributed by atoms with Gasteiger partial charge in [-0.15, -0.1) is 0 Å². The van der Waals surface area contributed by atoms with E-state index in [2.05, 4.69) is 5.32 Å². The van der Waals surface area contributed by atoms with Crippen LogP contribution in [0.2, 0.25) is 0 Å². The molecule has 1 atom stereocenters. The van der Waals surface area contributed by atoms with E-state index in [-0.39, 0.29) is 18.7 Å². The molecule has 0 aromatic heterocycles. The Hall–Kier alpha value is -1.30. The summed E-state index contributed by atoms with van der Waals surface area (Å²) in [6.07, 6.45) is 4.63. The minimum atomic E-state index is -0.814. The van der Waals surface area contributed by atoms with E-state index in [1.165, 1.54) is 0 Å². The molecule has 2 aliphatic rings. The fourth-order valence-electron chi connectivity index (χ4n) is 2.34. The fourth-order valence-corrected chi connectivity index (χ4v) is 2.34. The lowest BCUT2D eigenvalue weighted by atomic mass is 10.1. The summed E-state index contributed by atoms with van der Waals surface area (Å²) in [7, 11) is 1.72. The zero-order valence-corrected chi connectivity index (χ0v) is 11.4. The second kappa shape index (κ2) is 5.77. The number of hydrogen-bond donors (Lipinski definition) is 2. The molecule has 108 valence electrons. The van der Waals surface area contributed by atoms with Crippen molar-refractivity contribution < 1.29 is 19.4 Å². The predicted molar refractivity (Wildman–Crippen MR) is 68.9 cm³/mol. The van der Waals surface area contributed by atoms with Crippen molar-refractivity contribution in [3.05, 3.63) is 0 Å². The van der Waals surface area contributed by atoms with Crippen LogP contribution in [0.5, 0.6) is 0 Å². The second-order valence-corrected chi connectivity index (χ2v) is 5.61. The van der Waals surface area contributed by atoms with Crippen LogP contribution in [0.25, 0.3) is 0 Å². The molecule has 0 aromatic carbocycles. The Morgan fingerprint density at radius 2 is 2.16 bits per heavy atom. The Kier molecular flexibility index (Phi) is 4.29. The predicted octanol–water partition coefficient (Wildman–Crippen LogP) is 1.06. The molecular weight excluding hydrogens is 248 g/mol. The van der Waals surface area contributed by atoms with Gasteiger partial charge in [0.05, 0.1) is 11.5 Å². The van der Waals surface area contributed by atoms with Crippen LogP contribution in [0.3, 0.4) is 0 Å². The van der Waals surface area contributed by atoms with Crippen LogP contribution in [-0.2, 0) is 9.53 Å². The summed E-state index contributed by atoms with van der Waals surface area (Å²) in [4.78, 5) is 24.5. The van der Waals surface area contributed by atoms with Gasteiger partial charge in [-0.2, -0.15) is 0 Å². The van der Waals surface area contributed by atoms with Gasteiger partial charge >= 0.3 is 12.0 Å². The molecule has 1 saturated heterocycles. The Bertz CT molecular complexity index is 349. The number of nitrogens with one attached hydrogen (secondary N) is 1. The van der Waals surface area contributed by atoms with Gasteiger partial charge in [0, 0.05) is 26.7 Å². The highest BCUT2D eigenvalue weighted by Crippen LogP contribution is 2.45. The molecule has 0 aromatic rings. The number of urea groups is 1. The largest absolute Gasteiger partial charge is 0.481 e. The summed E-state index contributed by atoms with van der Waals surface area (Å²) in [6.45, 7) is 1.55. The van der Waals surface area contributed by atoms with E-state index in [4.69, 9.17) is 9.84 Å². The second-order valence-electron chi connectivity index (χ2n) is 5.61. The molecule has 2 rings (SSSR count). The Labute approximate surface area is 113 Å². The lowest BCUT2D eigenvalue weighted by Gasteiger charge is -2.27. The van der Waals surface area contributed by atoms with Gasteiger partial charge in [-0.3, -0.25) is 4.79 Å². The van der Waals surface area contributed by atoms with Gasteiger partial charge in [0.25, 0.3) is 0 Å². The zero-order chi connectivity index (χ0) is 13.9. The van der Waals surface area contributed by atoms with Crippen molar-refractivity contribution in [1.82, 2.24) is 10.2 Å². The van der Waals surface area contributed by atoms with E-state index in [1.807, 2.05) is 0 Å². The molecule has 1 heterocycles. The van der Waals surface area contributed by atoms with Gasteiger partial charge in [0.15, 0.2) is 0 Å². The van der Waals surface area contributed by atoms with E-state index in [9.17, 15) is 9.59 Å². The maximum atomic E-state index is 11.9. The molecular formula is C13H22N2O4. The third-order valence-electron chi connectivity index (χ3n) is 3.98. The lowest BCUT2D eigenvalue weighted by Crippen LogP contribution is -2.45. The zero-order valence-electron chi connectivity index (χ0n) is 11.4. The van der Waals surface area contributed by atoms with Gasteiger partial charge in [-0.1, -0.05) is 0 Å². The summed E-state index contributed by atoms with van der Waals surface area (Å²) < 4.78 is 5.58. The van der Waals surface area contributed by atoms with Gasteiger partial charge in [0.1, 0.15) is 0 Å². The Morgan fingerprint density at radius 3 is 2.68 bits per heavy atom. The first-order chi connectivity index (χ1) is 9.03. The number of carbonyl (C=O) groups is 2. The number of nitrogens with zero attached hydrogens (tertiary/aromatic N) is 1. The molecule has 0 bridgehead atoms. The molecule has 2 fully saturated rings. The first kappa shape index (κ1) is 14.1. The van der Waals surface area contributed by atoms with E-state index >= 15 is 0 Å². The van der Waals surface area contributed by atoms with Gasteiger partial charge < -0.3 is 20.1 Å². The number of carbonyl (C=O) groups excluding carboxylic acids is 1. The molecule has 0 spiro atoms. The van der Waals surface area contributed by atoms with E-state index in [0.29, 0.717) is 19.4 Å². The number of carboxylic acids is 1. The number of hydrogen-bond acceptors (Lipinski definition) is 3. The number of carboxylic acid groups (broad SMARTS) is 1. The van der Waals surface area contributed by atoms with Gasteiger partial charge in [0.2, 0.25) is 0 Å². The summed E-state index contributed by atoms with van der Waals surface area (Å²) >= 11 is 0. The number of ether oxygens (including phenoxy) is 1. The van der Waals surface area contributed by atoms with Crippen molar-refractivity contribution in [2.24, 2.45) is 5.41 Å². The summed E-state index contributed by atoms with van der Waals surface area (Å²) in [6, 6.07) is -0.221. The van der Waals surface area contributed by atoms with Crippen LogP contribution in [-0.4, -0.2) is 54.9 Å².